The van der Waals surface area contributed by atoms with Gasteiger partial charge in [-0.3, -0.25) is 0 Å². The van der Waals surface area contributed by atoms with Gasteiger partial charge >= 0.3 is 0 Å². The number of fused-ring (bicyclic) bond motifs is 1. The maximum absolute atomic E-state index is 14.3. The minimum absolute atomic E-state index is 0.0935. The van der Waals surface area contributed by atoms with E-state index in [1.807, 2.05) is 6.07 Å². The first kappa shape index (κ1) is 13.7. The first-order valence-corrected chi connectivity index (χ1v) is 7.55. The molecule has 0 amide bonds. The van der Waals surface area contributed by atoms with E-state index in [0.717, 1.165) is 37.7 Å². The maximum Gasteiger partial charge on any atom is 0.197 e. The summed E-state index contributed by atoms with van der Waals surface area (Å²) in [7, 11) is 0. The van der Waals surface area contributed by atoms with Crippen molar-refractivity contribution in [2.75, 3.05) is 19.8 Å². The lowest BCUT2D eigenvalue weighted by molar-refractivity contribution is 0.292. The second-order valence-electron chi connectivity index (χ2n) is 5.88. The third-order valence-corrected chi connectivity index (χ3v) is 4.62. The number of halogens is 1. The molecule has 20 heavy (non-hydrogen) atoms. The van der Waals surface area contributed by atoms with E-state index in [1.165, 1.54) is 6.42 Å². The summed E-state index contributed by atoms with van der Waals surface area (Å²) >= 11 is 0. The van der Waals surface area contributed by atoms with Gasteiger partial charge in [0.05, 0.1) is 13.2 Å². The van der Waals surface area contributed by atoms with E-state index in [0.29, 0.717) is 25.5 Å². The predicted molar refractivity (Wildman–Crippen MR) is 75.8 cm³/mol. The average molecular weight is 279 g/mol. The fraction of sp³-hybridized carbons (Fsp3) is 0.625. The molecular formula is C16H22FNO2. The minimum atomic E-state index is -0.321. The molecule has 1 fully saturated rings. The van der Waals surface area contributed by atoms with Crippen molar-refractivity contribution in [3.8, 4) is 11.5 Å². The Kier molecular flexibility index (Phi) is 3.83. The molecular weight excluding hydrogens is 257 g/mol. The van der Waals surface area contributed by atoms with Gasteiger partial charge in [-0.2, -0.15) is 0 Å². The largest absolute Gasteiger partial charge is 0.489 e. The van der Waals surface area contributed by atoms with Crippen LogP contribution in [0.2, 0.25) is 0 Å². The van der Waals surface area contributed by atoms with Gasteiger partial charge in [0.15, 0.2) is 17.3 Å². The van der Waals surface area contributed by atoms with Gasteiger partial charge in [0.2, 0.25) is 0 Å². The molecule has 0 atom stereocenters. The zero-order valence-electron chi connectivity index (χ0n) is 11.8. The molecule has 4 heteroatoms. The Labute approximate surface area is 119 Å². The van der Waals surface area contributed by atoms with Gasteiger partial charge in [-0.1, -0.05) is 19.3 Å². The highest BCUT2D eigenvalue weighted by Crippen LogP contribution is 2.43. The number of ether oxygens (including phenoxy) is 2. The van der Waals surface area contributed by atoms with Crippen molar-refractivity contribution in [3.63, 3.8) is 0 Å². The molecule has 0 bridgehead atoms. The zero-order valence-corrected chi connectivity index (χ0v) is 11.8. The SMILES string of the molecule is NCC1(c2cc(F)c3c(c2)OCCCO3)CCCCC1. The van der Waals surface area contributed by atoms with Crippen LogP contribution in [0.3, 0.4) is 0 Å². The Balaban J connectivity index is 2.01. The summed E-state index contributed by atoms with van der Waals surface area (Å²) in [6.07, 6.45) is 6.41. The molecule has 1 aliphatic heterocycles. The molecule has 1 aromatic rings. The zero-order chi connectivity index (χ0) is 14.0. The third kappa shape index (κ3) is 2.37. The van der Waals surface area contributed by atoms with Gasteiger partial charge in [-0.25, -0.2) is 4.39 Å². The molecule has 3 rings (SSSR count). The predicted octanol–water partition coefficient (Wildman–Crippen LogP) is 3.15. The standard InChI is InChI=1S/C16H22FNO2/c17-13-9-12(16(11-18)5-2-1-3-6-16)10-14-15(13)20-8-4-7-19-14/h9-10H,1-8,11,18H2. The molecule has 1 aliphatic carbocycles. The lowest BCUT2D eigenvalue weighted by Crippen LogP contribution is -2.37. The highest BCUT2D eigenvalue weighted by molar-refractivity contribution is 5.47. The van der Waals surface area contributed by atoms with Crippen molar-refractivity contribution in [2.24, 2.45) is 5.73 Å². The molecule has 0 spiro atoms. The van der Waals surface area contributed by atoms with Gasteiger partial charge in [0, 0.05) is 18.4 Å². The van der Waals surface area contributed by atoms with Crippen molar-refractivity contribution in [3.05, 3.63) is 23.5 Å². The molecule has 0 saturated heterocycles. The van der Waals surface area contributed by atoms with Crippen LogP contribution < -0.4 is 15.2 Å². The lowest BCUT2D eigenvalue weighted by Gasteiger charge is -2.37. The molecule has 2 N–H and O–H groups in total. The number of hydrogen-bond donors (Lipinski definition) is 1. The number of benzene rings is 1. The van der Waals surface area contributed by atoms with E-state index in [1.54, 1.807) is 6.07 Å². The summed E-state index contributed by atoms with van der Waals surface area (Å²) in [4.78, 5) is 0. The van der Waals surface area contributed by atoms with Crippen molar-refractivity contribution < 1.29 is 13.9 Å². The summed E-state index contributed by atoms with van der Waals surface area (Å²) in [5.74, 6) is 0.475. The third-order valence-electron chi connectivity index (χ3n) is 4.62. The summed E-state index contributed by atoms with van der Waals surface area (Å²) in [5.41, 5.74) is 6.91. The normalized spacial score (nSPS) is 21.3. The summed E-state index contributed by atoms with van der Waals surface area (Å²) in [6, 6.07) is 3.55. The maximum atomic E-state index is 14.3. The summed E-state index contributed by atoms with van der Waals surface area (Å²) in [6.45, 7) is 1.64. The van der Waals surface area contributed by atoms with Crippen molar-refractivity contribution in [1.29, 1.82) is 0 Å². The Hall–Kier alpha value is -1.29. The van der Waals surface area contributed by atoms with Gasteiger partial charge < -0.3 is 15.2 Å². The number of hydrogen-bond acceptors (Lipinski definition) is 3. The molecule has 1 saturated carbocycles. The first-order valence-electron chi connectivity index (χ1n) is 7.55. The van der Waals surface area contributed by atoms with E-state index < -0.39 is 0 Å². The van der Waals surface area contributed by atoms with E-state index >= 15 is 0 Å². The van der Waals surface area contributed by atoms with E-state index in [4.69, 9.17) is 15.2 Å². The Morgan fingerprint density at radius 1 is 1.05 bits per heavy atom. The Bertz CT molecular complexity index is 484. The summed E-state index contributed by atoms with van der Waals surface area (Å²) in [5, 5.41) is 0. The molecule has 110 valence electrons. The highest BCUT2D eigenvalue weighted by Gasteiger charge is 2.34. The van der Waals surface area contributed by atoms with Crippen LogP contribution in [0.5, 0.6) is 11.5 Å². The van der Waals surface area contributed by atoms with Crippen LogP contribution in [0, 0.1) is 5.82 Å². The molecule has 0 radical (unpaired) electrons. The summed E-state index contributed by atoms with van der Waals surface area (Å²) < 4.78 is 25.4. The Morgan fingerprint density at radius 2 is 1.80 bits per heavy atom. The average Bonchev–Trinajstić information content (AvgIpc) is 2.73. The molecule has 0 unspecified atom stereocenters. The molecule has 2 aliphatic rings. The van der Waals surface area contributed by atoms with Gasteiger partial charge in [0.25, 0.3) is 0 Å². The van der Waals surface area contributed by atoms with Crippen LogP contribution >= 0.6 is 0 Å². The lowest BCUT2D eigenvalue weighted by atomic mass is 9.69. The second kappa shape index (κ2) is 5.60. The molecule has 1 heterocycles. The second-order valence-corrected chi connectivity index (χ2v) is 5.88. The van der Waals surface area contributed by atoms with Crippen molar-refractivity contribution >= 4 is 0 Å². The first-order chi connectivity index (χ1) is 9.75. The molecule has 0 aromatic heterocycles. The van der Waals surface area contributed by atoms with Gasteiger partial charge in [-0.05, 0) is 30.5 Å². The number of nitrogens with two attached hydrogens (primary N) is 1. The topological polar surface area (TPSA) is 44.5 Å². The fourth-order valence-electron chi connectivity index (χ4n) is 3.38. The quantitative estimate of drug-likeness (QED) is 0.904. The van der Waals surface area contributed by atoms with Crippen LogP contribution in [0.4, 0.5) is 4.39 Å². The smallest absolute Gasteiger partial charge is 0.197 e. The van der Waals surface area contributed by atoms with Crippen LogP contribution in [0.15, 0.2) is 12.1 Å². The van der Waals surface area contributed by atoms with Crippen molar-refractivity contribution in [2.45, 2.75) is 43.9 Å². The van der Waals surface area contributed by atoms with E-state index in [-0.39, 0.29) is 17.0 Å². The van der Waals surface area contributed by atoms with Crippen molar-refractivity contribution in [1.82, 2.24) is 0 Å². The Morgan fingerprint density at radius 3 is 2.55 bits per heavy atom. The molecule has 3 nitrogen and oxygen atoms in total. The minimum Gasteiger partial charge on any atom is -0.489 e. The van der Waals surface area contributed by atoms with E-state index in [9.17, 15) is 4.39 Å². The monoisotopic (exact) mass is 279 g/mol. The van der Waals surface area contributed by atoms with Crippen LogP contribution in [-0.4, -0.2) is 19.8 Å². The van der Waals surface area contributed by atoms with Crippen LogP contribution in [0.25, 0.3) is 0 Å². The fourth-order valence-corrected chi connectivity index (χ4v) is 3.38. The molecule has 1 aromatic carbocycles. The van der Waals surface area contributed by atoms with Crippen LogP contribution in [-0.2, 0) is 5.41 Å². The van der Waals surface area contributed by atoms with E-state index in [2.05, 4.69) is 0 Å². The highest BCUT2D eigenvalue weighted by atomic mass is 19.1. The number of rotatable bonds is 2. The van der Waals surface area contributed by atoms with Gasteiger partial charge in [0.1, 0.15) is 0 Å². The van der Waals surface area contributed by atoms with Gasteiger partial charge in [-0.15, -0.1) is 0 Å². The van der Waals surface area contributed by atoms with Crippen LogP contribution in [0.1, 0.15) is 44.1 Å².